The van der Waals surface area contributed by atoms with Gasteiger partial charge in [-0.1, -0.05) is 20.8 Å². The van der Waals surface area contributed by atoms with Crippen LogP contribution in [0.3, 0.4) is 0 Å². The molecule has 0 heterocycles. The lowest BCUT2D eigenvalue weighted by Crippen LogP contribution is -2.36. The van der Waals surface area contributed by atoms with Crippen LogP contribution in [0, 0.1) is 0 Å². The van der Waals surface area contributed by atoms with Crippen LogP contribution in [-0.4, -0.2) is 29.1 Å². The first kappa shape index (κ1) is 16.4. The number of rotatable bonds is 5. The Kier molecular flexibility index (Phi) is 10.3. The van der Waals surface area contributed by atoms with Crippen molar-refractivity contribution >= 4 is 5.78 Å². The van der Waals surface area contributed by atoms with E-state index in [2.05, 4.69) is 0 Å². The second-order valence-corrected chi connectivity index (χ2v) is 2.78. The highest BCUT2D eigenvalue weighted by molar-refractivity contribution is 5.93. The molecule has 0 fully saturated rings. The Bertz CT molecular complexity index is 215. The van der Waals surface area contributed by atoms with Gasteiger partial charge in [0.2, 0.25) is 0 Å². The molecule has 0 bridgehead atoms. The van der Waals surface area contributed by atoms with E-state index >= 15 is 0 Å². The van der Waals surface area contributed by atoms with Gasteiger partial charge in [-0.05, 0) is 6.42 Å². The van der Waals surface area contributed by atoms with E-state index < -0.39 is 0 Å². The largest absolute Gasteiger partial charge is 0.398 e. The van der Waals surface area contributed by atoms with E-state index in [4.69, 9.17) is 16.7 Å². The third-order valence-electron chi connectivity index (χ3n) is 1.56. The van der Waals surface area contributed by atoms with Crippen molar-refractivity contribution < 1.29 is 9.90 Å². The van der Waals surface area contributed by atoms with Crippen LogP contribution in [-0.2, 0) is 4.79 Å². The third kappa shape index (κ3) is 6.09. The number of aliphatic hydroxyl groups excluding tert-OH is 1. The topological polar surface area (TPSA) is 92.6 Å². The Morgan fingerprint density at radius 3 is 2.13 bits per heavy atom. The Morgan fingerprint density at radius 2 is 1.87 bits per heavy atom. The summed E-state index contributed by atoms with van der Waals surface area (Å²) in [6.45, 7) is 7.49. The summed E-state index contributed by atoms with van der Waals surface area (Å²) in [5.74, 6) is 5.34. The van der Waals surface area contributed by atoms with Crippen molar-refractivity contribution in [2.45, 2.75) is 34.1 Å². The van der Waals surface area contributed by atoms with Gasteiger partial charge in [0.15, 0.2) is 5.78 Å². The zero-order valence-corrected chi connectivity index (χ0v) is 10.1. The van der Waals surface area contributed by atoms with Gasteiger partial charge in [0.25, 0.3) is 0 Å². The van der Waals surface area contributed by atoms with Crippen LogP contribution < -0.4 is 11.6 Å². The van der Waals surface area contributed by atoms with Gasteiger partial charge in [-0.2, -0.15) is 0 Å². The maximum absolute atomic E-state index is 11.1. The average molecular weight is 217 g/mol. The molecule has 0 rings (SSSR count). The standard InChI is InChI=1S/C8H17N3O2.C2H6/c1-3-4-11(10)8(6(2)13)7(9)5-12;1-2/h12H,3-5,9-10H2,1-2H3;1-2H3/b8-7-;. The van der Waals surface area contributed by atoms with Gasteiger partial charge >= 0.3 is 0 Å². The molecular formula is C10H23N3O2. The summed E-state index contributed by atoms with van der Waals surface area (Å²) in [5, 5.41) is 10.0. The van der Waals surface area contributed by atoms with E-state index in [0.29, 0.717) is 6.54 Å². The molecule has 90 valence electrons. The maximum Gasteiger partial charge on any atom is 0.179 e. The summed E-state index contributed by atoms with van der Waals surface area (Å²) < 4.78 is 0. The summed E-state index contributed by atoms with van der Waals surface area (Å²) in [6.07, 6.45) is 0.811. The smallest absolute Gasteiger partial charge is 0.179 e. The van der Waals surface area contributed by atoms with E-state index in [-0.39, 0.29) is 23.8 Å². The number of hydrogen-bond donors (Lipinski definition) is 3. The van der Waals surface area contributed by atoms with Crippen molar-refractivity contribution in [3.8, 4) is 0 Å². The van der Waals surface area contributed by atoms with Crippen LogP contribution >= 0.6 is 0 Å². The van der Waals surface area contributed by atoms with Crippen molar-refractivity contribution in [1.29, 1.82) is 0 Å². The predicted molar refractivity (Wildman–Crippen MR) is 61.5 cm³/mol. The SMILES string of the molecule is CC.CCCN(N)/C(C(C)=O)=C(\N)CO. The summed E-state index contributed by atoms with van der Waals surface area (Å²) in [7, 11) is 0. The first-order chi connectivity index (χ1) is 7.04. The molecule has 0 aromatic carbocycles. The minimum absolute atomic E-state index is 0.114. The molecule has 0 aromatic rings. The number of nitrogens with zero attached hydrogens (tertiary/aromatic N) is 1. The molecule has 0 aromatic heterocycles. The van der Waals surface area contributed by atoms with Gasteiger partial charge in [-0.25, -0.2) is 5.84 Å². The van der Waals surface area contributed by atoms with Crippen LogP contribution in [0.1, 0.15) is 34.1 Å². The lowest BCUT2D eigenvalue weighted by molar-refractivity contribution is -0.115. The fraction of sp³-hybridized carbons (Fsp3) is 0.700. The molecule has 0 unspecified atom stereocenters. The summed E-state index contributed by atoms with van der Waals surface area (Å²) >= 11 is 0. The summed E-state index contributed by atoms with van der Waals surface area (Å²) in [4.78, 5) is 11.1. The average Bonchev–Trinajstić information content (AvgIpc) is 2.20. The van der Waals surface area contributed by atoms with Gasteiger partial charge in [-0.3, -0.25) is 4.79 Å². The van der Waals surface area contributed by atoms with E-state index in [0.717, 1.165) is 6.42 Å². The zero-order valence-electron chi connectivity index (χ0n) is 10.1. The zero-order chi connectivity index (χ0) is 12.4. The number of allylic oxidation sites excluding steroid dienone is 1. The summed E-state index contributed by atoms with van der Waals surface area (Å²) in [5.41, 5.74) is 5.75. The van der Waals surface area contributed by atoms with Crippen molar-refractivity contribution in [2.24, 2.45) is 11.6 Å². The van der Waals surface area contributed by atoms with Crippen molar-refractivity contribution in [1.82, 2.24) is 5.01 Å². The van der Waals surface area contributed by atoms with Crippen LogP contribution in [0.25, 0.3) is 0 Å². The molecule has 15 heavy (non-hydrogen) atoms. The van der Waals surface area contributed by atoms with Crippen LogP contribution in [0.5, 0.6) is 0 Å². The number of aliphatic hydroxyl groups is 1. The van der Waals surface area contributed by atoms with Crippen LogP contribution in [0.15, 0.2) is 11.4 Å². The van der Waals surface area contributed by atoms with Gasteiger partial charge in [0.05, 0.1) is 12.3 Å². The first-order valence-corrected chi connectivity index (χ1v) is 5.17. The fourth-order valence-electron chi connectivity index (χ4n) is 1.04. The third-order valence-corrected chi connectivity index (χ3v) is 1.56. The number of ketones is 1. The first-order valence-electron chi connectivity index (χ1n) is 5.17. The Balaban J connectivity index is 0. The lowest BCUT2D eigenvalue weighted by Gasteiger charge is -2.20. The highest BCUT2D eigenvalue weighted by atomic mass is 16.3. The number of carbonyl (C=O) groups is 1. The Hall–Kier alpha value is -1.07. The maximum atomic E-state index is 11.1. The van der Waals surface area contributed by atoms with Crippen LogP contribution in [0.4, 0.5) is 0 Å². The predicted octanol–water partition coefficient (Wildman–Crippen LogP) is 0.350. The molecule has 0 aliphatic carbocycles. The highest BCUT2D eigenvalue weighted by Gasteiger charge is 2.13. The molecule has 0 spiro atoms. The number of hydrogen-bond acceptors (Lipinski definition) is 5. The van der Waals surface area contributed by atoms with Gasteiger partial charge in [-0.15, -0.1) is 0 Å². The Morgan fingerprint density at radius 1 is 1.40 bits per heavy atom. The van der Waals surface area contributed by atoms with Gasteiger partial charge in [0.1, 0.15) is 5.70 Å². The molecule has 0 saturated heterocycles. The number of carbonyl (C=O) groups excluding carboxylic acids is 1. The Labute approximate surface area is 91.7 Å². The molecule has 5 heteroatoms. The molecule has 0 aliphatic rings. The fourth-order valence-corrected chi connectivity index (χ4v) is 1.04. The number of nitrogens with two attached hydrogens (primary N) is 2. The summed E-state index contributed by atoms with van der Waals surface area (Å²) in [6, 6.07) is 0. The molecule has 5 nitrogen and oxygen atoms in total. The second-order valence-electron chi connectivity index (χ2n) is 2.78. The molecule has 0 aliphatic heterocycles. The van der Waals surface area contributed by atoms with E-state index in [1.807, 2.05) is 20.8 Å². The molecule has 0 radical (unpaired) electrons. The van der Waals surface area contributed by atoms with E-state index in [1.165, 1.54) is 11.9 Å². The van der Waals surface area contributed by atoms with E-state index in [9.17, 15) is 4.79 Å². The van der Waals surface area contributed by atoms with Crippen LogP contribution in [0.2, 0.25) is 0 Å². The quantitative estimate of drug-likeness (QED) is 0.351. The highest BCUT2D eigenvalue weighted by Crippen LogP contribution is 2.04. The molecular weight excluding hydrogens is 194 g/mol. The number of hydrazine groups is 1. The molecule has 0 atom stereocenters. The second kappa shape index (κ2) is 9.48. The number of Topliss-reactive ketones (excluding diaryl/α,β-unsaturated/α-hetero) is 1. The monoisotopic (exact) mass is 217 g/mol. The van der Waals surface area contributed by atoms with Gasteiger partial charge < -0.3 is 15.8 Å². The minimum atomic E-state index is -0.355. The minimum Gasteiger partial charge on any atom is -0.398 e. The van der Waals surface area contributed by atoms with Gasteiger partial charge in [0, 0.05) is 13.5 Å². The lowest BCUT2D eigenvalue weighted by atomic mass is 10.2. The van der Waals surface area contributed by atoms with Crippen molar-refractivity contribution in [2.75, 3.05) is 13.2 Å². The molecule has 0 amide bonds. The van der Waals surface area contributed by atoms with Crippen molar-refractivity contribution in [3.63, 3.8) is 0 Å². The van der Waals surface area contributed by atoms with E-state index in [1.54, 1.807) is 0 Å². The molecule has 0 saturated carbocycles. The molecule has 5 N–H and O–H groups in total. The van der Waals surface area contributed by atoms with Crippen molar-refractivity contribution in [3.05, 3.63) is 11.4 Å². The normalized spacial score (nSPS) is 11.1.